The van der Waals surface area contributed by atoms with Crippen LogP contribution in [0.5, 0.6) is 0 Å². The summed E-state index contributed by atoms with van der Waals surface area (Å²) in [5.41, 5.74) is 2.17. The standard InChI is InChI=1S/C18H19BO3.2C2H6/c1-17(2)18(3,4)22-19(21-17)12-9-10-16-14(11-12)13-7-5-6-8-15(13)20-16;2*1-2/h5-11H,1-4H3;2*1-2H3. The second-order valence-electron chi connectivity index (χ2n) is 6.94. The quantitative estimate of drug-likeness (QED) is 0.507. The lowest BCUT2D eigenvalue weighted by molar-refractivity contribution is 0.00578. The predicted molar refractivity (Wildman–Crippen MR) is 112 cm³/mol. The summed E-state index contributed by atoms with van der Waals surface area (Å²) in [6.45, 7) is 16.3. The number of hydrogen-bond donors (Lipinski definition) is 0. The Morgan fingerprint density at radius 2 is 1.23 bits per heavy atom. The number of hydrogen-bond acceptors (Lipinski definition) is 3. The minimum atomic E-state index is -0.344. The molecule has 1 fully saturated rings. The molecular formula is C22H31BO3. The molecule has 0 N–H and O–H groups in total. The van der Waals surface area contributed by atoms with Gasteiger partial charge in [0.2, 0.25) is 0 Å². The van der Waals surface area contributed by atoms with Crippen molar-refractivity contribution in [2.45, 2.75) is 66.6 Å². The molecule has 0 spiro atoms. The Balaban J connectivity index is 0.000000570. The van der Waals surface area contributed by atoms with E-state index in [0.29, 0.717) is 0 Å². The van der Waals surface area contributed by atoms with Crippen LogP contribution in [0.15, 0.2) is 46.9 Å². The molecule has 3 nitrogen and oxygen atoms in total. The molecule has 0 atom stereocenters. The molecule has 1 aliphatic rings. The molecule has 4 heteroatoms. The van der Waals surface area contributed by atoms with E-state index in [1.807, 2.05) is 58.0 Å². The van der Waals surface area contributed by atoms with Gasteiger partial charge in [-0.25, -0.2) is 0 Å². The first-order valence-corrected chi connectivity index (χ1v) is 9.64. The van der Waals surface area contributed by atoms with Crippen LogP contribution in [0.2, 0.25) is 0 Å². The summed E-state index contributed by atoms with van der Waals surface area (Å²) in [7, 11) is -0.344. The molecule has 0 unspecified atom stereocenters. The SMILES string of the molecule is CC.CC.CC1(C)OB(c2ccc3oc4ccccc4c3c2)OC1(C)C. The predicted octanol–water partition coefficient (Wildman–Crippen LogP) is 5.94. The van der Waals surface area contributed by atoms with Gasteiger partial charge in [0.15, 0.2) is 0 Å². The van der Waals surface area contributed by atoms with Gasteiger partial charge in [0.25, 0.3) is 0 Å². The first-order chi connectivity index (χ1) is 12.4. The van der Waals surface area contributed by atoms with Gasteiger partial charge in [-0.3, -0.25) is 0 Å². The summed E-state index contributed by atoms with van der Waals surface area (Å²) in [5, 5.41) is 2.22. The smallest absolute Gasteiger partial charge is 0.456 e. The van der Waals surface area contributed by atoms with Crippen LogP contribution in [0.4, 0.5) is 0 Å². The van der Waals surface area contributed by atoms with Gasteiger partial charge in [0, 0.05) is 10.8 Å². The average molecular weight is 354 g/mol. The minimum Gasteiger partial charge on any atom is -0.456 e. The first kappa shape index (κ1) is 20.5. The molecular weight excluding hydrogens is 323 g/mol. The fourth-order valence-electron chi connectivity index (χ4n) is 2.87. The number of benzene rings is 2. The van der Waals surface area contributed by atoms with Crippen molar-refractivity contribution >= 4 is 34.5 Å². The fourth-order valence-corrected chi connectivity index (χ4v) is 2.87. The molecule has 2 heterocycles. The van der Waals surface area contributed by atoms with Crippen molar-refractivity contribution in [2.24, 2.45) is 0 Å². The van der Waals surface area contributed by atoms with Gasteiger partial charge < -0.3 is 13.7 Å². The zero-order valence-corrected chi connectivity index (χ0v) is 17.3. The molecule has 140 valence electrons. The highest BCUT2D eigenvalue weighted by Gasteiger charge is 2.51. The van der Waals surface area contributed by atoms with Gasteiger partial charge in [-0.1, -0.05) is 58.0 Å². The van der Waals surface area contributed by atoms with Gasteiger partial charge in [-0.15, -0.1) is 0 Å². The van der Waals surface area contributed by atoms with E-state index >= 15 is 0 Å². The lowest BCUT2D eigenvalue weighted by Crippen LogP contribution is -2.41. The van der Waals surface area contributed by atoms with Gasteiger partial charge in [-0.2, -0.15) is 0 Å². The lowest BCUT2D eigenvalue weighted by atomic mass is 9.78. The average Bonchev–Trinajstić information content (AvgIpc) is 3.11. The summed E-state index contributed by atoms with van der Waals surface area (Å²) < 4.78 is 18.1. The van der Waals surface area contributed by atoms with E-state index in [-0.39, 0.29) is 18.3 Å². The maximum Gasteiger partial charge on any atom is 0.494 e. The molecule has 1 aromatic heterocycles. The number of furan rings is 1. The molecule has 0 aliphatic carbocycles. The van der Waals surface area contributed by atoms with Crippen molar-refractivity contribution in [3.05, 3.63) is 42.5 Å². The van der Waals surface area contributed by atoms with E-state index in [1.54, 1.807) is 0 Å². The van der Waals surface area contributed by atoms with Crippen LogP contribution < -0.4 is 5.46 Å². The third-order valence-corrected chi connectivity index (χ3v) is 4.93. The molecule has 3 aromatic rings. The van der Waals surface area contributed by atoms with E-state index in [4.69, 9.17) is 13.7 Å². The number of rotatable bonds is 1. The number of fused-ring (bicyclic) bond motifs is 3. The maximum absolute atomic E-state index is 6.13. The van der Waals surface area contributed by atoms with Crippen molar-refractivity contribution in [1.29, 1.82) is 0 Å². The summed E-state index contributed by atoms with van der Waals surface area (Å²) in [6, 6.07) is 14.2. The van der Waals surface area contributed by atoms with Crippen LogP contribution in [0.3, 0.4) is 0 Å². The molecule has 4 rings (SSSR count). The van der Waals surface area contributed by atoms with Crippen molar-refractivity contribution < 1.29 is 13.7 Å². The highest BCUT2D eigenvalue weighted by molar-refractivity contribution is 6.62. The Hall–Kier alpha value is -1.78. The lowest BCUT2D eigenvalue weighted by Gasteiger charge is -2.32. The number of para-hydroxylation sites is 1. The third kappa shape index (κ3) is 3.53. The minimum absolute atomic E-state index is 0.328. The molecule has 26 heavy (non-hydrogen) atoms. The Labute approximate surface area is 157 Å². The van der Waals surface area contributed by atoms with Crippen molar-refractivity contribution in [3.63, 3.8) is 0 Å². The Kier molecular flexibility index (Phi) is 6.20. The highest BCUT2D eigenvalue weighted by atomic mass is 16.7. The molecule has 1 aliphatic heterocycles. The Morgan fingerprint density at radius 1 is 0.692 bits per heavy atom. The highest BCUT2D eigenvalue weighted by Crippen LogP contribution is 2.37. The summed E-state index contributed by atoms with van der Waals surface area (Å²) >= 11 is 0. The van der Waals surface area contributed by atoms with E-state index < -0.39 is 0 Å². The van der Waals surface area contributed by atoms with Gasteiger partial charge >= 0.3 is 7.12 Å². The van der Waals surface area contributed by atoms with Crippen LogP contribution in [0.1, 0.15) is 55.4 Å². The van der Waals surface area contributed by atoms with Gasteiger partial charge in [-0.05, 0) is 45.3 Å². The van der Waals surface area contributed by atoms with Crippen LogP contribution in [-0.2, 0) is 9.31 Å². The van der Waals surface area contributed by atoms with Crippen LogP contribution in [-0.4, -0.2) is 18.3 Å². The van der Waals surface area contributed by atoms with Crippen molar-refractivity contribution in [3.8, 4) is 0 Å². The summed E-state index contributed by atoms with van der Waals surface area (Å²) in [4.78, 5) is 0. The van der Waals surface area contributed by atoms with E-state index in [1.165, 1.54) is 0 Å². The van der Waals surface area contributed by atoms with Gasteiger partial charge in [0.05, 0.1) is 11.2 Å². The Morgan fingerprint density at radius 3 is 1.85 bits per heavy atom. The maximum atomic E-state index is 6.13. The van der Waals surface area contributed by atoms with Crippen molar-refractivity contribution in [2.75, 3.05) is 0 Å². The topological polar surface area (TPSA) is 31.6 Å². The first-order valence-electron chi connectivity index (χ1n) is 9.64. The molecule has 1 saturated heterocycles. The van der Waals surface area contributed by atoms with E-state index in [2.05, 4.69) is 39.8 Å². The van der Waals surface area contributed by atoms with Crippen molar-refractivity contribution in [1.82, 2.24) is 0 Å². The van der Waals surface area contributed by atoms with Gasteiger partial charge in [0.1, 0.15) is 11.2 Å². The van der Waals surface area contributed by atoms with Crippen LogP contribution in [0.25, 0.3) is 21.9 Å². The Bertz CT molecular complexity index is 848. The van der Waals surface area contributed by atoms with Crippen LogP contribution >= 0.6 is 0 Å². The third-order valence-electron chi connectivity index (χ3n) is 4.93. The summed E-state index contributed by atoms with van der Waals surface area (Å²) in [5.74, 6) is 0. The molecule has 0 bridgehead atoms. The molecule has 0 radical (unpaired) electrons. The largest absolute Gasteiger partial charge is 0.494 e. The zero-order chi connectivity index (χ0) is 19.5. The molecule has 2 aromatic carbocycles. The second-order valence-corrected chi connectivity index (χ2v) is 6.94. The summed E-state index contributed by atoms with van der Waals surface area (Å²) in [6.07, 6.45) is 0. The second kappa shape index (κ2) is 7.85. The fraction of sp³-hybridized carbons (Fsp3) is 0.455. The molecule has 0 amide bonds. The van der Waals surface area contributed by atoms with Crippen LogP contribution in [0, 0.1) is 0 Å². The monoisotopic (exact) mass is 354 g/mol. The molecule has 0 saturated carbocycles. The normalized spacial score (nSPS) is 17.5. The zero-order valence-electron chi connectivity index (χ0n) is 17.3. The van der Waals surface area contributed by atoms with E-state index in [9.17, 15) is 0 Å². The van der Waals surface area contributed by atoms with E-state index in [0.717, 1.165) is 27.4 Å².